The van der Waals surface area contributed by atoms with Gasteiger partial charge in [-0.25, -0.2) is 4.79 Å². The fourth-order valence-corrected chi connectivity index (χ4v) is 4.80. The number of hydrogen-bond acceptors (Lipinski definition) is 4. The summed E-state index contributed by atoms with van der Waals surface area (Å²) >= 11 is 0. The van der Waals surface area contributed by atoms with Crippen molar-refractivity contribution in [2.75, 3.05) is 19.0 Å². The van der Waals surface area contributed by atoms with Crippen molar-refractivity contribution in [1.29, 1.82) is 0 Å². The van der Waals surface area contributed by atoms with Gasteiger partial charge in [0.25, 0.3) is 0 Å². The predicted octanol–water partition coefficient (Wildman–Crippen LogP) is 4.65. The summed E-state index contributed by atoms with van der Waals surface area (Å²) < 4.78 is 5.76. The van der Waals surface area contributed by atoms with Crippen LogP contribution < -0.4 is 4.90 Å². The Morgan fingerprint density at radius 1 is 1.14 bits per heavy atom. The fraction of sp³-hybridized carbons (Fsp3) is 0.500. The van der Waals surface area contributed by atoms with E-state index in [1.54, 1.807) is 0 Å². The molecule has 5 nitrogen and oxygen atoms in total. The molecule has 0 radical (unpaired) electrons. The number of carbonyl (C=O) groups is 2. The molecule has 5 heteroatoms. The molecule has 4 rings (SSSR count). The molecule has 1 heterocycles. The standard InChI is InChI=1S/C24H30N2O3/c1-14-6-5-7-21(14)29-24(28)23-15(2)22-19(25-23)12-17(13-20(22)27)16-8-10-18(11-9-16)26(3)4/h8-11,14,17,21,25H,5-7,12-13H2,1-4H3/t14-,17-,21+/m0/s1. The number of benzene rings is 1. The van der Waals surface area contributed by atoms with Crippen molar-refractivity contribution >= 4 is 17.4 Å². The van der Waals surface area contributed by atoms with E-state index in [1.807, 2.05) is 21.0 Å². The van der Waals surface area contributed by atoms with E-state index in [9.17, 15) is 9.59 Å². The molecule has 1 N–H and O–H groups in total. The molecule has 0 unspecified atom stereocenters. The Morgan fingerprint density at radius 2 is 1.86 bits per heavy atom. The number of H-pyrrole nitrogens is 1. The van der Waals surface area contributed by atoms with Gasteiger partial charge >= 0.3 is 5.97 Å². The largest absolute Gasteiger partial charge is 0.457 e. The van der Waals surface area contributed by atoms with Gasteiger partial charge < -0.3 is 14.6 Å². The Kier molecular flexibility index (Phi) is 5.24. The van der Waals surface area contributed by atoms with Gasteiger partial charge in [0.2, 0.25) is 0 Å². The first-order chi connectivity index (χ1) is 13.8. The van der Waals surface area contributed by atoms with E-state index in [0.29, 0.717) is 23.6 Å². The van der Waals surface area contributed by atoms with Crippen molar-refractivity contribution in [1.82, 2.24) is 4.98 Å². The quantitative estimate of drug-likeness (QED) is 0.767. The van der Waals surface area contributed by atoms with Crippen LogP contribution in [0.25, 0.3) is 0 Å². The molecular formula is C24H30N2O3. The van der Waals surface area contributed by atoms with Crippen LogP contribution in [0, 0.1) is 12.8 Å². The monoisotopic (exact) mass is 394 g/mol. The molecule has 0 bridgehead atoms. The van der Waals surface area contributed by atoms with E-state index >= 15 is 0 Å². The maximum atomic E-state index is 12.9. The molecule has 2 aliphatic rings. The first kappa shape index (κ1) is 19.7. The summed E-state index contributed by atoms with van der Waals surface area (Å²) in [6.07, 6.45) is 4.33. The number of ether oxygens (including phenoxy) is 1. The fourth-order valence-electron chi connectivity index (χ4n) is 4.80. The van der Waals surface area contributed by atoms with Gasteiger partial charge in [0.1, 0.15) is 11.8 Å². The van der Waals surface area contributed by atoms with Crippen LogP contribution in [0.5, 0.6) is 0 Å². The number of aromatic nitrogens is 1. The van der Waals surface area contributed by atoms with Crippen molar-refractivity contribution in [3.63, 3.8) is 0 Å². The Morgan fingerprint density at radius 3 is 2.48 bits per heavy atom. The van der Waals surface area contributed by atoms with Gasteiger partial charge in [-0.15, -0.1) is 0 Å². The summed E-state index contributed by atoms with van der Waals surface area (Å²) in [7, 11) is 4.03. The minimum absolute atomic E-state index is 0.0131. The molecule has 0 aliphatic heterocycles. The third-order valence-corrected chi connectivity index (χ3v) is 6.62. The van der Waals surface area contributed by atoms with E-state index in [0.717, 1.165) is 48.2 Å². The second-order valence-corrected chi connectivity index (χ2v) is 8.84. The highest BCUT2D eigenvalue weighted by Crippen LogP contribution is 2.36. The minimum Gasteiger partial charge on any atom is -0.457 e. The number of anilines is 1. The van der Waals surface area contributed by atoms with Crippen LogP contribution in [-0.2, 0) is 11.2 Å². The summed E-state index contributed by atoms with van der Waals surface area (Å²) in [5.41, 5.74) is 5.04. The van der Waals surface area contributed by atoms with Crippen molar-refractivity contribution in [2.45, 2.75) is 58.0 Å². The van der Waals surface area contributed by atoms with Crippen molar-refractivity contribution in [3.8, 4) is 0 Å². The summed E-state index contributed by atoms with van der Waals surface area (Å²) in [6.45, 7) is 3.99. The van der Waals surface area contributed by atoms with Crippen molar-refractivity contribution < 1.29 is 14.3 Å². The lowest BCUT2D eigenvalue weighted by Crippen LogP contribution is -2.21. The number of carbonyl (C=O) groups excluding carboxylic acids is 2. The van der Waals surface area contributed by atoms with Gasteiger partial charge in [0, 0.05) is 37.5 Å². The number of esters is 1. The van der Waals surface area contributed by atoms with E-state index in [1.165, 1.54) is 0 Å². The average Bonchev–Trinajstić information content (AvgIpc) is 3.25. The number of rotatable bonds is 4. The molecule has 1 aromatic heterocycles. The number of aromatic amines is 1. The molecular weight excluding hydrogens is 364 g/mol. The molecule has 29 heavy (non-hydrogen) atoms. The molecule has 3 atom stereocenters. The molecule has 1 fully saturated rings. The van der Waals surface area contributed by atoms with Crippen LogP contribution >= 0.6 is 0 Å². The number of fused-ring (bicyclic) bond motifs is 1. The third-order valence-electron chi connectivity index (χ3n) is 6.62. The third kappa shape index (κ3) is 3.70. The number of ketones is 1. The highest BCUT2D eigenvalue weighted by atomic mass is 16.5. The number of hydrogen-bond donors (Lipinski definition) is 1. The van der Waals surface area contributed by atoms with Crippen LogP contribution in [0.1, 0.15) is 76.2 Å². The molecule has 0 saturated heterocycles. The molecule has 154 valence electrons. The van der Waals surface area contributed by atoms with Crippen LogP contribution in [-0.4, -0.2) is 36.9 Å². The van der Waals surface area contributed by atoms with Gasteiger partial charge in [-0.1, -0.05) is 19.1 Å². The van der Waals surface area contributed by atoms with Gasteiger partial charge in [-0.05, 0) is 67.7 Å². The SMILES string of the molecule is Cc1c(C(=O)O[C@@H]2CCC[C@@H]2C)[nH]c2c1C(=O)C[C@@H](c1ccc(N(C)C)cc1)C2. The zero-order valence-corrected chi connectivity index (χ0v) is 17.7. The van der Waals surface area contributed by atoms with Gasteiger partial charge in [0.15, 0.2) is 5.78 Å². The average molecular weight is 395 g/mol. The van der Waals surface area contributed by atoms with E-state index in [4.69, 9.17) is 4.74 Å². The summed E-state index contributed by atoms with van der Waals surface area (Å²) in [5, 5.41) is 0. The first-order valence-corrected chi connectivity index (χ1v) is 10.6. The molecule has 0 amide bonds. The second-order valence-electron chi connectivity index (χ2n) is 8.84. The molecule has 2 aromatic rings. The van der Waals surface area contributed by atoms with Crippen molar-refractivity contribution in [2.24, 2.45) is 5.92 Å². The van der Waals surface area contributed by atoms with Gasteiger partial charge in [-0.2, -0.15) is 0 Å². The van der Waals surface area contributed by atoms with E-state index < -0.39 is 0 Å². The lowest BCUT2D eigenvalue weighted by atomic mass is 9.81. The summed E-state index contributed by atoms with van der Waals surface area (Å²) in [5.74, 6) is 0.313. The molecule has 0 spiro atoms. The van der Waals surface area contributed by atoms with Crippen molar-refractivity contribution in [3.05, 3.63) is 52.3 Å². The zero-order valence-electron chi connectivity index (χ0n) is 17.7. The number of nitrogens with zero attached hydrogens (tertiary/aromatic N) is 1. The Labute approximate surface area is 172 Å². The smallest absolute Gasteiger partial charge is 0.355 e. The zero-order chi connectivity index (χ0) is 20.7. The maximum Gasteiger partial charge on any atom is 0.355 e. The second kappa shape index (κ2) is 7.69. The normalized spacial score (nSPS) is 23.7. The van der Waals surface area contributed by atoms with Gasteiger partial charge in [-0.3, -0.25) is 4.79 Å². The van der Waals surface area contributed by atoms with Crippen LogP contribution in [0.2, 0.25) is 0 Å². The molecule has 2 aliphatic carbocycles. The highest BCUT2D eigenvalue weighted by Gasteiger charge is 2.34. The highest BCUT2D eigenvalue weighted by molar-refractivity contribution is 6.03. The van der Waals surface area contributed by atoms with E-state index in [2.05, 4.69) is 41.1 Å². The Bertz CT molecular complexity index is 926. The minimum atomic E-state index is -0.324. The lowest BCUT2D eigenvalue weighted by molar-refractivity contribution is 0.0219. The Hall–Kier alpha value is -2.56. The number of nitrogens with one attached hydrogen (secondary N) is 1. The van der Waals surface area contributed by atoms with Crippen LogP contribution in [0.3, 0.4) is 0 Å². The Balaban J connectivity index is 1.55. The summed E-state index contributed by atoms with van der Waals surface area (Å²) in [6, 6.07) is 8.37. The van der Waals surface area contributed by atoms with E-state index in [-0.39, 0.29) is 23.8 Å². The topological polar surface area (TPSA) is 62.4 Å². The molecule has 1 saturated carbocycles. The number of Topliss-reactive ketones (excluding diaryl/α,β-unsaturated/α-hetero) is 1. The summed E-state index contributed by atoms with van der Waals surface area (Å²) in [4.78, 5) is 31.0. The van der Waals surface area contributed by atoms with Gasteiger partial charge in [0.05, 0.1) is 0 Å². The maximum absolute atomic E-state index is 12.9. The molecule has 1 aromatic carbocycles. The van der Waals surface area contributed by atoms with Crippen LogP contribution in [0.4, 0.5) is 5.69 Å². The van der Waals surface area contributed by atoms with Crippen LogP contribution in [0.15, 0.2) is 24.3 Å². The predicted molar refractivity (Wildman–Crippen MR) is 114 cm³/mol. The first-order valence-electron chi connectivity index (χ1n) is 10.6. The lowest BCUT2D eigenvalue weighted by Gasteiger charge is -2.23.